The Hall–Kier alpha value is -2.96. The molecule has 0 bridgehead atoms. The van der Waals surface area contributed by atoms with Crippen molar-refractivity contribution in [2.75, 3.05) is 13.1 Å². The average molecular weight is 324 g/mol. The third-order valence-corrected chi connectivity index (χ3v) is 4.25. The van der Waals surface area contributed by atoms with E-state index in [0.29, 0.717) is 30.4 Å². The number of carbonyl (C=O) groups excluding carboxylic acids is 1. The molecule has 0 aliphatic carbocycles. The molecule has 0 unspecified atom stereocenters. The lowest BCUT2D eigenvalue weighted by Crippen LogP contribution is -2.38. The molecule has 1 aliphatic rings. The average Bonchev–Trinajstić information content (AvgIpc) is 3.33. The molecule has 7 heteroatoms. The molecule has 0 radical (unpaired) electrons. The monoisotopic (exact) mass is 324 g/mol. The van der Waals surface area contributed by atoms with Crippen molar-refractivity contribution in [3.63, 3.8) is 0 Å². The van der Waals surface area contributed by atoms with E-state index in [1.54, 1.807) is 43.1 Å². The fourth-order valence-corrected chi connectivity index (χ4v) is 2.90. The summed E-state index contributed by atoms with van der Waals surface area (Å²) in [4.78, 5) is 18.3. The second-order valence-corrected chi connectivity index (χ2v) is 5.77. The van der Waals surface area contributed by atoms with Crippen LogP contribution in [0.3, 0.4) is 0 Å². The van der Waals surface area contributed by atoms with Crippen molar-refractivity contribution in [2.45, 2.75) is 18.8 Å². The molecule has 4 heterocycles. The summed E-state index contributed by atoms with van der Waals surface area (Å²) in [5, 5.41) is 8.22. The summed E-state index contributed by atoms with van der Waals surface area (Å²) in [6.45, 7) is 1.34. The summed E-state index contributed by atoms with van der Waals surface area (Å²) in [5.74, 6) is 1.29. The van der Waals surface area contributed by atoms with Gasteiger partial charge in [0.05, 0.1) is 17.4 Å². The smallest absolute Gasteiger partial charge is 0.255 e. The number of likely N-dealkylation sites (tertiary alicyclic amines) is 1. The van der Waals surface area contributed by atoms with Crippen molar-refractivity contribution in [1.82, 2.24) is 20.1 Å². The molecule has 4 rings (SSSR count). The van der Waals surface area contributed by atoms with E-state index < -0.39 is 0 Å². The van der Waals surface area contributed by atoms with Gasteiger partial charge in [0.1, 0.15) is 6.26 Å². The summed E-state index contributed by atoms with van der Waals surface area (Å²) in [6.07, 6.45) is 8.02. The standard InChI is InChI=1S/C17H16N4O3/c22-17(13-2-1-6-18-10-13)21-7-3-12(4-8-21)15-19-20-16(24-15)14-5-9-23-11-14/h1-2,5-6,9-12H,3-4,7-8H2. The summed E-state index contributed by atoms with van der Waals surface area (Å²) in [5.41, 5.74) is 1.40. The molecule has 24 heavy (non-hydrogen) atoms. The minimum atomic E-state index is 0.0196. The Labute approximate surface area is 138 Å². The first-order valence-corrected chi connectivity index (χ1v) is 7.86. The summed E-state index contributed by atoms with van der Waals surface area (Å²) < 4.78 is 10.8. The Morgan fingerprint density at radius 1 is 1.21 bits per heavy atom. The molecule has 0 spiro atoms. The first kappa shape index (κ1) is 14.6. The zero-order chi connectivity index (χ0) is 16.4. The van der Waals surface area contributed by atoms with E-state index in [9.17, 15) is 4.79 Å². The van der Waals surface area contributed by atoms with Crippen LogP contribution in [0.5, 0.6) is 0 Å². The SMILES string of the molecule is O=C(c1cccnc1)N1CCC(c2nnc(-c3ccoc3)o2)CC1. The molecule has 0 atom stereocenters. The van der Waals surface area contributed by atoms with E-state index in [4.69, 9.17) is 8.83 Å². The predicted molar refractivity (Wildman–Crippen MR) is 84.1 cm³/mol. The van der Waals surface area contributed by atoms with Gasteiger partial charge in [0.25, 0.3) is 11.8 Å². The highest BCUT2D eigenvalue weighted by Gasteiger charge is 2.28. The largest absolute Gasteiger partial charge is 0.472 e. The maximum absolute atomic E-state index is 12.4. The van der Waals surface area contributed by atoms with Gasteiger partial charge in [0.2, 0.25) is 5.89 Å². The minimum absolute atomic E-state index is 0.0196. The van der Waals surface area contributed by atoms with E-state index >= 15 is 0 Å². The molecular weight excluding hydrogens is 308 g/mol. The Morgan fingerprint density at radius 3 is 2.79 bits per heavy atom. The number of hydrogen-bond acceptors (Lipinski definition) is 6. The molecule has 1 aliphatic heterocycles. The first-order valence-electron chi connectivity index (χ1n) is 7.86. The molecule has 1 amide bonds. The van der Waals surface area contributed by atoms with Crippen LogP contribution in [-0.4, -0.2) is 39.1 Å². The zero-order valence-electron chi connectivity index (χ0n) is 13.0. The number of furan rings is 1. The number of rotatable bonds is 3. The van der Waals surface area contributed by atoms with Crippen LogP contribution in [0.4, 0.5) is 0 Å². The van der Waals surface area contributed by atoms with Gasteiger partial charge in [-0.25, -0.2) is 0 Å². The first-order chi connectivity index (χ1) is 11.8. The lowest BCUT2D eigenvalue weighted by Gasteiger charge is -2.30. The molecule has 0 saturated carbocycles. The van der Waals surface area contributed by atoms with Crippen LogP contribution < -0.4 is 0 Å². The Balaban J connectivity index is 1.40. The van der Waals surface area contributed by atoms with Crippen LogP contribution in [0.15, 0.2) is 52.0 Å². The number of hydrogen-bond donors (Lipinski definition) is 0. The maximum Gasteiger partial charge on any atom is 0.255 e. The Morgan fingerprint density at radius 2 is 2.08 bits per heavy atom. The number of carbonyl (C=O) groups is 1. The molecular formula is C17H16N4O3. The number of aromatic nitrogens is 3. The lowest BCUT2D eigenvalue weighted by molar-refractivity contribution is 0.0706. The third-order valence-electron chi connectivity index (χ3n) is 4.25. The fourth-order valence-electron chi connectivity index (χ4n) is 2.90. The number of nitrogens with zero attached hydrogens (tertiary/aromatic N) is 4. The predicted octanol–water partition coefficient (Wildman–Crippen LogP) is 2.74. The quantitative estimate of drug-likeness (QED) is 0.736. The highest BCUT2D eigenvalue weighted by Crippen LogP contribution is 2.29. The third kappa shape index (κ3) is 2.80. The number of amides is 1. The molecule has 0 aromatic carbocycles. The summed E-state index contributed by atoms with van der Waals surface area (Å²) >= 11 is 0. The van der Waals surface area contributed by atoms with Gasteiger partial charge in [-0.3, -0.25) is 9.78 Å². The second kappa shape index (κ2) is 6.27. The van der Waals surface area contributed by atoms with E-state index in [2.05, 4.69) is 15.2 Å². The van der Waals surface area contributed by atoms with Gasteiger partial charge in [-0.05, 0) is 31.0 Å². The van der Waals surface area contributed by atoms with Gasteiger partial charge in [0.15, 0.2) is 0 Å². The summed E-state index contributed by atoms with van der Waals surface area (Å²) in [6, 6.07) is 5.35. The normalized spacial score (nSPS) is 15.6. The highest BCUT2D eigenvalue weighted by atomic mass is 16.4. The van der Waals surface area contributed by atoms with Crippen molar-refractivity contribution < 1.29 is 13.6 Å². The molecule has 0 N–H and O–H groups in total. The topological polar surface area (TPSA) is 85.3 Å². The molecule has 122 valence electrons. The highest BCUT2D eigenvalue weighted by molar-refractivity contribution is 5.93. The van der Waals surface area contributed by atoms with Crippen molar-refractivity contribution in [1.29, 1.82) is 0 Å². The molecule has 1 saturated heterocycles. The van der Waals surface area contributed by atoms with Crippen LogP contribution in [0.2, 0.25) is 0 Å². The van der Waals surface area contributed by atoms with E-state index in [-0.39, 0.29) is 11.8 Å². The van der Waals surface area contributed by atoms with E-state index in [1.807, 2.05) is 4.90 Å². The number of pyridine rings is 1. The summed E-state index contributed by atoms with van der Waals surface area (Å²) in [7, 11) is 0. The van der Waals surface area contributed by atoms with Crippen LogP contribution >= 0.6 is 0 Å². The van der Waals surface area contributed by atoms with Crippen LogP contribution in [0, 0.1) is 0 Å². The van der Waals surface area contributed by atoms with Crippen molar-refractivity contribution >= 4 is 5.91 Å². The van der Waals surface area contributed by atoms with Gasteiger partial charge >= 0.3 is 0 Å². The van der Waals surface area contributed by atoms with Gasteiger partial charge in [-0.2, -0.15) is 0 Å². The Kier molecular flexibility index (Phi) is 3.82. The van der Waals surface area contributed by atoms with Crippen molar-refractivity contribution in [3.05, 3.63) is 54.6 Å². The van der Waals surface area contributed by atoms with Crippen LogP contribution in [-0.2, 0) is 0 Å². The number of piperidine rings is 1. The second-order valence-electron chi connectivity index (χ2n) is 5.77. The van der Waals surface area contributed by atoms with Gasteiger partial charge in [-0.15, -0.1) is 10.2 Å². The van der Waals surface area contributed by atoms with Crippen LogP contribution in [0.25, 0.3) is 11.5 Å². The van der Waals surface area contributed by atoms with Crippen molar-refractivity contribution in [3.8, 4) is 11.5 Å². The van der Waals surface area contributed by atoms with Gasteiger partial charge < -0.3 is 13.7 Å². The van der Waals surface area contributed by atoms with Gasteiger partial charge in [0, 0.05) is 31.4 Å². The van der Waals surface area contributed by atoms with E-state index in [0.717, 1.165) is 18.4 Å². The Bertz CT molecular complexity index is 806. The van der Waals surface area contributed by atoms with Gasteiger partial charge in [-0.1, -0.05) is 0 Å². The molecule has 3 aromatic rings. The van der Waals surface area contributed by atoms with Crippen molar-refractivity contribution in [2.24, 2.45) is 0 Å². The maximum atomic E-state index is 12.4. The minimum Gasteiger partial charge on any atom is -0.472 e. The molecule has 3 aromatic heterocycles. The molecule has 1 fully saturated rings. The fraction of sp³-hybridized carbons (Fsp3) is 0.294. The van der Waals surface area contributed by atoms with E-state index in [1.165, 1.54) is 0 Å². The van der Waals surface area contributed by atoms with Crippen LogP contribution in [0.1, 0.15) is 35.0 Å². The lowest BCUT2D eigenvalue weighted by atomic mass is 9.96. The molecule has 7 nitrogen and oxygen atoms in total. The zero-order valence-corrected chi connectivity index (χ0v) is 13.0.